The van der Waals surface area contributed by atoms with Crippen LogP contribution in [0.4, 0.5) is 0 Å². The van der Waals surface area contributed by atoms with Gasteiger partial charge in [-0.15, -0.1) is 5.10 Å². The third kappa shape index (κ3) is 1.97. The van der Waals surface area contributed by atoms with E-state index in [0.717, 1.165) is 5.56 Å². The van der Waals surface area contributed by atoms with Crippen molar-refractivity contribution < 1.29 is 4.79 Å². The number of carbonyl (C=O) groups excluding carboxylic acids is 1. The lowest BCUT2D eigenvalue weighted by atomic mass is 10.0. The summed E-state index contributed by atoms with van der Waals surface area (Å²) in [6.07, 6.45) is 0. The molecule has 1 amide bonds. The van der Waals surface area contributed by atoms with E-state index in [1.54, 1.807) is 20.9 Å². The third-order valence-corrected chi connectivity index (χ3v) is 2.81. The predicted molar refractivity (Wildman–Crippen MR) is 66.6 cm³/mol. The second-order valence-corrected chi connectivity index (χ2v) is 4.42. The van der Waals surface area contributed by atoms with Gasteiger partial charge in [0.05, 0.1) is 0 Å². The maximum atomic E-state index is 11.9. The number of benzene rings is 1. The van der Waals surface area contributed by atoms with Gasteiger partial charge in [0.1, 0.15) is 5.54 Å². The van der Waals surface area contributed by atoms with Crippen molar-refractivity contribution in [2.24, 2.45) is 0 Å². The van der Waals surface area contributed by atoms with Gasteiger partial charge in [-0.1, -0.05) is 30.3 Å². The summed E-state index contributed by atoms with van der Waals surface area (Å²) in [5, 5.41) is 14.2. The average molecular weight is 245 g/mol. The minimum Gasteiger partial charge on any atom is -0.357 e. The third-order valence-electron chi connectivity index (χ3n) is 2.81. The molecule has 94 valence electrons. The first kappa shape index (κ1) is 12.2. The van der Waals surface area contributed by atoms with E-state index in [1.807, 2.05) is 30.3 Å². The van der Waals surface area contributed by atoms with E-state index in [0.29, 0.717) is 5.82 Å². The zero-order valence-corrected chi connectivity index (χ0v) is 10.6. The number of aromatic nitrogens is 4. The molecule has 1 aromatic carbocycles. The minimum atomic E-state index is -0.844. The van der Waals surface area contributed by atoms with Crippen LogP contribution in [0.5, 0.6) is 0 Å². The highest BCUT2D eigenvalue weighted by atomic mass is 16.2. The molecule has 1 aromatic heterocycles. The lowest BCUT2D eigenvalue weighted by molar-refractivity contribution is -0.128. The summed E-state index contributed by atoms with van der Waals surface area (Å²) in [5.74, 6) is 0.427. The van der Waals surface area contributed by atoms with Gasteiger partial charge in [0.2, 0.25) is 5.91 Å². The summed E-state index contributed by atoms with van der Waals surface area (Å²) in [6, 6.07) is 9.54. The lowest BCUT2D eigenvalue weighted by Crippen LogP contribution is -2.44. The van der Waals surface area contributed by atoms with Gasteiger partial charge in [-0.05, 0) is 24.3 Å². The maximum Gasteiger partial charge on any atom is 0.247 e. The van der Waals surface area contributed by atoms with Gasteiger partial charge in [0.15, 0.2) is 5.82 Å². The number of nitrogens with zero attached hydrogens (tertiary/aromatic N) is 4. The van der Waals surface area contributed by atoms with Gasteiger partial charge < -0.3 is 5.32 Å². The molecule has 0 atom stereocenters. The Kier molecular flexibility index (Phi) is 3.10. The summed E-state index contributed by atoms with van der Waals surface area (Å²) >= 11 is 0. The standard InChI is InChI=1S/C12H15N5O/c1-12(2,11(18)13-3)17-10(14-15-16-17)9-7-5-4-6-8-9/h4-8H,1-3H3,(H,13,18). The summed E-state index contributed by atoms with van der Waals surface area (Å²) in [7, 11) is 1.59. The molecule has 0 fully saturated rings. The smallest absolute Gasteiger partial charge is 0.247 e. The fourth-order valence-corrected chi connectivity index (χ4v) is 1.73. The molecular formula is C12H15N5O. The zero-order valence-electron chi connectivity index (χ0n) is 10.6. The number of tetrazole rings is 1. The Balaban J connectivity index is 2.49. The number of hydrogen-bond donors (Lipinski definition) is 1. The highest BCUT2D eigenvalue weighted by Gasteiger charge is 2.33. The van der Waals surface area contributed by atoms with Crippen molar-refractivity contribution in [3.63, 3.8) is 0 Å². The Morgan fingerprint density at radius 2 is 1.94 bits per heavy atom. The van der Waals surface area contributed by atoms with E-state index in [1.165, 1.54) is 4.68 Å². The number of hydrogen-bond acceptors (Lipinski definition) is 4. The first-order valence-electron chi connectivity index (χ1n) is 5.64. The van der Waals surface area contributed by atoms with E-state index < -0.39 is 5.54 Å². The molecule has 0 aliphatic heterocycles. The van der Waals surface area contributed by atoms with Crippen molar-refractivity contribution in [3.05, 3.63) is 30.3 Å². The van der Waals surface area contributed by atoms with E-state index in [4.69, 9.17) is 0 Å². The first-order valence-corrected chi connectivity index (χ1v) is 5.64. The molecule has 0 radical (unpaired) electrons. The van der Waals surface area contributed by atoms with Gasteiger partial charge in [0, 0.05) is 12.6 Å². The van der Waals surface area contributed by atoms with Gasteiger partial charge in [-0.3, -0.25) is 4.79 Å². The number of amides is 1. The molecular weight excluding hydrogens is 230 g/mol. The molecule has 1 heterocycles. The molecule has 6 nitrogen and oxygen atoms in total. The molecule has 0 saturated heterocycles. The van der Waals surface area contributed by atoms with Crippen LogP contribution in [0.3, 0.4) is 0 Å². The zero-order chi connectivity index (χ0) is 13.2. The average Bonchev–Trinajstić information content (AvgIpc) is 2.88. The van der Waals surface area contributed by atoms with E-state index >= 15 is 0 Å². The van der Waals surface area contributed by atoms with Crippen molar-refractivity contribution in [1.82, 2.24) is 25.5 Å². The Morgan fingerprint density at radius 1 is 1.28 bits per heavy atom. The van der Waals surface area contributed by atoms with Crippen LogP contribution in [0.15, 0.2) is 30.3 Å². The fourth-order valence-electron chi connectivity index (χ4n) is 1.73. The Bertz CT molecular complexity index is 547. The number of nitrogens with one attached hydrogen (secondary N) is 1. The molecule has 0 aliphatic carbocycles. The quantitative estimate of drug-likeness (QED) is 0.869. The van der Waals surface area contributed by atoms with Crippen molar-refractivity contribution in [2.75, 3.05) is 7.05 Å². The monoisotopic (exact) mass is 245 g/mol. The van der Waals surface area contributed by atoms with Gasteiger partial charge >= 0.3 is 0 Å². The number of likely N-dealkylation sites (N-methyl/N-ethyl adjacent to an activating group) is 1. The topological polar surface area (TPSA) is 72.7 Å². The second kappa shape index (κ2) is 4.56. The molecule has 2 rings (SSSR count). The Labute approximate surface area is 105 Å². The largest absolute Gasteiger partial charge is 0.357 e. The van der Waals surface area contributed by atoms with Gasteiger partial charge in [-0.25, -0.2) is 4.68 Å². The van der Waals surface area contributed by atoms with Gasteiger partial charge in [0.25, 0.3) is 0 Å². The molecule has 6 heteroatoms. The molecule has 0 spiro atoms. The first-order chi connectivity index (χ1) is 8.57. The summed E-state index contributed by atoms with van der Waals surface area (Å²) in [5.41, 5.74) is 0.0307. The highest BCUT2D eigenvalue weighted by molar-refractivity contribution is 5.83. The number of rotatable bonds is 3. The second-order valence-electron chi connectivity index (χ2n) is 4.42. The van der Waals surface area contributed by atoms with Crippen molar-refractivity contribution in [2.45, 2.75) is 19.4 Å². The lowest BCUT2D eigenvalue weighted by Gasteiger charge is -2.23. The van der Waals surface area contributed by atoms with Gasteiger partial charge in [-0.2, -0.15) is 0 Å². The molecule has 2 aromatic rings. The molecule has 18 heavy (non-hydrogen) atoms. The van der Waals surface area contributed by atoms with Crippen molar-refractivity contribution in [1.29, 1.82) is 0 Å². The Hall–Kier alpha value is -2.24. The molecule has 0 aliphatic rings. The molecule has 0 saturated carbocycles. The molecule has 0 bridgehead atoms. The van der Waals surface area contributed by atoms with E-state index in [2.05, 4.69) is 20.8 Å². The summed E-state index contributed by atoms with van der Waals surface area (Å²) in [6.45, 7) is 3.54. The number of carbonyl (C=O) groups is 1. The highest BCUT2D eigenvalue weighted by Crippen LogP contribution is 2.22. The normalized spacial score (nSPS) is 11.3. The maximum absolute atomic E-state index is 11.9. The minimum absolute atomic E-state index is 0.146. The van der Waals surface area contributed by atoms with E-state index in [-0.39, 0.29) is 5.91 Å². The van der Waals surface area contributed by atoms with Crippen LogP contribution in [-0.2, 0) is 10.3 Å². The van der Waals surface area contributed by atoms with Crippen LogP contribution in [0.1, 0.15) is 13.8 Å². The SMILES string of the molecule is CNC(=O)C(C)(C)n1nnnc1-c1ccccc1. The summed E-state index contributed by atoms with van der Waals surface area (Å²) < 4.78 is 1.53. The van der Waals surface area contributed by atoms with Crippen LogP contribution in [0.2, 0.25) is 0 Å². The summed E-state index contributed by atoms with van der Waals surface area (Å²) in [4.78, 5) is 11.9. The fraction of sp³-hybridized carbons (Fsp3) is 0.333. The van der Waals surface area contributed by atoms with Crippen LogP contribution < -0.4 is 5.32 Å². The van der Waals surface area contributed by atoms with Crippen LogP contribution in [0, 0.1) is 0 Å². The Morgan fingerprint density at radius 3 is 2.56 bits per heavy atom. The molecule has 1 N–H and O–H groups in total. The van der Waals surface area contributed by atoms with Crippen molar-refractivity contribution in [3.8, 4) is 11.4 Å². The predicted octanol–water partition coefficient (Wildman–Crippen LogP) is 0.821. The van der Waals surface area contributed by atoms with Crippen LogP contribution in [-0.4, -0.2) is 33.2 Å². The van der Waals surface area contributed by atoms with E-state index in [9.17, 15) is 4.79 Å². The van der Waals surface area contributed by atoms with Crippen LogP contribution >= 0.6 is 0 Å². The molecule has 0 unspecified atom stereocenters. The van der Waals surface area contributed by atoms with Crippen LogP contribution in [0.25, 0.3) is 11.4 Å². The van der Waals surface area contributed by atoms with Crippen molar-refractivity contribution >= 4 is 5.91 Å².